The fraction of sp³-hybridized carbons (Fsp3) is 0.263. The van der Waals surface area contributed by atoms with Crippen LogP contribution >= 0.6 is 11.3 Å². The van der Waals surface area contributed by atoms with E-state index >= 15 is 0 Å². The quantitative estimate of drug-likeness (QED) is 0.662. The van der Waals surface area contributed by atoms with Gasteiger partial charge in [0.05, 0.1) is 22.9 Å². The van der Waals surface area contributed by atoms with Crippen LogP contribution in [0, 0.1) is 5.82 Å². The molecule has 136 valence electrons. The van der Waals surface area contributed by atoms with Crippen molar-refractivity contribution in [2.24, 2.45) is 0 Å². The van der Waals surface area contributed by atoms with Gasteiger partial charge >= 0.3 is 0 Å². The van der Waals surface area contributed by atoms with E-state index in [0.717, 1.165) is 16.0 Å². The smallest absolute Gasteiger partial charge is 0.263 e. The number of fused-ring (bicyclic) bond motifs is 1. The number of amides is 1. The van der Waals surface area contributed by atoms with Crippen molar-refractivity contribution in [3.05, 3.63) is 53.8 Å². The van der Waals surface area contributed by atoms with Gasteiger partial charge in [-0.15, -0.1) is 0 Å². The molecule has 0 N–H and O–H groups in total. The Labute approximate surface area is 155 Å². The number of thiazole rings is 1. The fourth-order valence-corrected chi connectivity index (χ4v) is 3.52. The molecule has 2 aromatic carbocycles. The predicted octanol–water partition coefficient (Wildman–Crippen LogP) is 3.65. The average molecular weight is 373 g/mol. The highest BCUT2D eigenvalue weighted by atomic mass is 32.1. The van der Waals surface area contributed by atoms with E-state index < -0.39 is 11.7 Å². The van der Waals surface area contributed by atoms with Crippen LogP contribution in [-0.4, -0.2) is 50.1 Å². The van der Waals surface area contributed by atoms with E-state index in [9.17, 15) is 9.18 Å². The highest BCUT2D eigenvalue weighted by Crippen LogP contribution is 2.32. The SMILES string of the molecule is COc1ccc2nc(N(CCN(C)C)C(=O)c3ccccc3F)sc2c1. The van der Waals surface area contributed by atoms with Crippen LogP contribution < -0.4 is 9.64 Å². The summed E-state index contributed by atoms with van der Waals surface area (Å²) in [5.74, 6) is -0.195. The third-order valence-electron chi connectivity index (χ3n) is 3.94. The van der Waals surface area contributed by atoms with Crippen molar-refractivity contribution in [3.8, 4) is 5.75 Å². The summed E-state index contributed by atoms with van der Waals surface area (Å²) in [6.07, 6.45) is 0. The number of methoxy groups -OCH3 is 1. The molecule has 0 aliphatic heterocycles. The van der Waals surface area contributed by atoms with Gasteiger partial charge in [0.15, 0.2) is 5.13 Å². The molecule has 26 heavy (non-hydrogen) atoms. The largest absolute Gasteiger partial charge is 0.497 e. The lowest BCUT2D eigenvalue weighted by atomic mass is 10.2. The maximum absolute atomic E-state index is 14.1. The third-order valence-corrected chi connectivity index (χ3v) is 4.98. The summed E-state index contributed by atoms with van der Waals surface area (Å²) in [6.45, 7) is 1.05. The van der Waals surface area contributed by atoms with Gasteiger partial charge in [-0.05, 0) is 44.4 Å². The summed E-state index contributed by atoms with van der Waals surface area (Å²) in [4.78, 5) is 21.1. The molecule has 0 aliphatic rings. The number of ether oxygens (including phenoxy) is 1. The Hall–Kier alpha value is -2.51. The number of nitrogens with zero attached hydrogens (tertiary/aromatic N) is 3. The molecular weight excluding hydrogens is 353 g/mol. The number of benzene rings is 2. The van der Waals surface area contributed by atoms with Crippen molar-refractivity contribution in [2.45, 2.75) is 0 Å². The summed E-state index contributed by atoms with van der Waals surface area (Å²) < 4.78 is 20.3. The molecule has 7 heteroatoms. The van der Waals surface area contributed by atoms with Gasteiger partial charge in [0.1, 0.15) is 11.6 Å². The number of anilines is 1. The van der Waals surface area contributed by atoms with E-state index in [0.29, 0.717) is 18.2 Å². The highest BCUT2D eigenvalue weighted by Gasteiger charge is 2.23. The van der Waals surface area contributed by atoms with Crippen LogP contribution in [-0.2, 0) is 0 Å². The van der Waals surface area contributed by atoms with Gasteiger partial charge in [-0.2, -0.15) is 0 Å². The molecule has 0 unspecified atom stereocenters. The Morgan fingerprint density at radius 2 is 1.96 bits per heavy atom. The second kappa shape index (κ2) is 7.80. The van der Waals surface area contributed by atoms with Gasteiger partial charge in [-0.3, -0.25) is 9.69 Å². The maximum atomic E-state index is 14.1. The molecule has 0 spiro atoms. The van der Waals surface area contributed by atoms with Crippen LogP contribution in [0.3, 0.4) is 0 Å². The van der Waals surface area contributed by atoms with E-state index in [4.69, 9.17) is 4.74 Å². The predicted molar refractivity (Wildman–Crippen MR) is 103 cm³/mol. The Bertz CT molecular complexity index is 926. The molecular formula is C19H20FN3O2S. The number of carbonyl (C=O) groups excluding carboxylic acids is 1. The number of halogens is 1. The van der Waals surface area contributed by atoms with Crippen LogP contribution in [0.15, 0.2) is 42.5 Å². The lowest BCUT2D eigenvalue weighted by Gasteiger charge is -2.22. The van der Waals surface area contributed by atoms with Crippen LogP contribution in [0.25, 0.3) is 10.2 Å². The van der Waals surface area contributed by atoms with Crippen LogP contribution in [0.4, 0.5) is 9.52 Å². The van der Waals surface area contributed by atoms with Crippen LogP contribution in [0.2, 0.25) is 0 Å². The van der Waals surface area contributed by atoms with Crippen molar-refractivity contribution in [1.29, 1.82) is 0 Å². The second-order valence-electron chi connectivity index (χ2n) is 6.07. The van der Waals surface area contributed by atoms with E-state index in [-0.39, 0.29) is 5.56 Å². The van der Waals surface area contributed by atoms with Crippen molar-refractivity contribution < 1.29 is 13.9 Å². The standard InChI is InChI=1S/C19H20FN3O2S/c1-22(2)10-11-23(18(24)14-6-4-5-7-15(14)20)19-21-16-9-8-13(25-3)12-17(16)26-19/h4-9,12H,10-11H2,1-3H3. The van der Waals surface area contributed by atoms with E-state index in [2.05, 4.69) is 4.98 Å². The second-order valence-corrected chi connectivity index (χ2v) is 7.08. The van der Waals surface area contributed by atoms with Crippen molar-refractivity contribution in [2.75, 3.05) is 39.2 Å². The molecule has 0 saturated heterocycles. The van der Waals surface area contributed by atoms with Gasteiger partial charge in [-0.25, -0.2) is 9.37 Å². The Morgan fingerprint density at radius 3 is 2.65 bits per heavy atom. The van der Waals surface area contributed by atoms with Crippen LogP contribution in [0.1, 0.15) is 10.4 Å². The number of aromatic nitrogens is 1. The number of hydrogen-bond donors (Lipinski definition) is 0. The minimum Gasteiger partial charge on any atom is -0.497 e. The summed E-state index contributed by atoms with van der Waals surface area (Å²) in [5, 5.41) is 0.545. The zero-order valence-electron chi connectivity index (χ0n) is 14.9. The molecule has 0 fully saturated rings. The lowest BCUT2D eigenvalue weighted by molar-refractivity contribution is 0.0981. The van der Waals surface area contributed by atoms with E-state index in [1.807, 2.05) is 37.2 Å². The van der Waals surface area contributed by atoms with Gasteiger partial charge in [0, 0.05) is 13.1 Å². The zero-order chi connectivity index (χ0) is 18.7. The molecule has 0 saturated carbocycles. The summed E-state index contributed by atoms with van der Waals surface area (Å²) >= 11 is 1.39. The van der Waals surface area contributed by atoms with Crippen molar-refractivity contribution >= 4 is 32.6 Å². The first-order chi connectivity index (χ1) is 12.5. The van der Waals surface area contributed by atoms with Gasteiger partial charge in [0.25, 0.3) is 5.91 Å². The first kappa shape index (κ1) is 18.3. The molecule has 0 aliphatic carbocycles. The molecule has 3 aromatic rings. The minimum atomic E-state index is -0.532. The van der Waals surface area contributed by atoms with Gasteiger partial charge < -0.3 is 9.64 Å². The molecule has 0 radical (unpaired) electrons. The summed E-state index contributed by atoms with van der Waals surface area (Å²) in [7, 11) is 5.46. The lowest BCUT2D eigenvalue weighted by Crippen LogP contribution is -2.37. The molecule has 0 atom stereocenters. The molecule has 1 amide bonds. The Morgan fingerprint density at radius 1 is 1.19 bits per heavy atom. The number of carbonyl (C=O) groups is 1. The Kier molecular flexibility index (Phi) is 5.49. The number of hydrogen-bond acceptors (Lipinski definition) is 5. The first-order valence-electron chi connectivity index (χ1n) is 8.15. The highest BCUT2D eigenvalue weighted by molar-refractivity contribution is 7.22. The van der Waals surface area contributed by atoms with Gasteiger partial charge in [-0.1, -0.05) is 23.5 Å². The summed E-state index contributed by atoms with van der Waals surface area (Å²) in [6, 6.07) is 11.6. The molecule has 1 heterocycles. The normalized spacial score (nSPS) is 11.1. The third kappa shape index (κ3) is 3.84. The number of likely N-dealkylation sites (N-methyl/N-ethyl adjacent to an activating group) is 1. The zero-order valence-corrected chi connectivity index (χ0v) is 15.7. The molecule has 3 rings (SSSR count). The summed E-state index contributed by atoms with van der Waals surface area (Å²) in [5.41, 5.74) is 0.824. The van der Waals surface area contributed by atoms with Crippen LogP contribution in [0.5, 0.6) is 5.75 Å². The van der Waals surface area contributed by atoms with Gasteiger partial charge in [0.2, 0.25) is 0 Å². The fourth-order valence-electron chi connectivity index (χ4n) is 2.50. The van der Waals surface area contributed by atoms with Crippen molar-refractivity contribution in [3.63, 3.8) is 0 Å². The molecule has 5 nitrogen and oxygen atoms in total. The average Bonchev–Trinajstić information content (AvgIpc) is 3.04. The molecule has 0 bridgehead atoms. The monoisotopic (exact) mass is 373 g/mol. The first-order valence-corrected chi connectivity index (χ1v) is 8.97. The van der Waals surface area contributed by atoms with E-state index in [1.54, 1.807) is 19.2 Å². The minimum absolute atomic E-state index is 0.0445. The molecule has 1 aromatic heterocycles. The Balaban J connectivity index is 2.00. The van der Waals surface area contributed by atoms with Crippen molar-refractivity contribution in [1.82, 2.24) is 9.88 Å². The topological polar surface area (TPSA) is 45.7 Å². The maximum Gasteiger partial charge on any atom is 0.263 e. The van der Waals surface area contributed by atoms with E-state index in [1.165, 1.54) is 28.4 Å². The number of rotatable bonds is 6.